The predicted molar refractivity (Wildman–Crippen MR) is 146 cm³/mol. The van der Waals surface area contributed by atoms with Gasteiger partial charge in [0.15, 0.2) is 5.78 Å². The first-order chi connectivity index (χ1) is 17.1. The van der Waals surface area contributed by atoms with Gasteiger partial charge in [0.05, 0.1) is 18.6 Å². The highest BCUT2D eigenvalue weighted by molar-refractivity contribution is 5.82. The highest BCUT2D eigenvalue weighted by atomic mass is 16.5. The van der Waals surface area contributed by atoms with E-state index >= 15 is 0 Å². The minimum atomic E-state index is -0.787. The molecule has 0 aliphatic rings. The first kappa shape index (κ1) is 34.7. The van der Waals surface area contributed by atoms with E-state index in [9.17, 15) is 19.5 Å². The molecule has 0 heterocycles. The van der Waals surface area contributed by atoms with Gasteiger partial charge in [-0.05, 0) is 44.4 Å². The first-order valence-corrected chi connectivity index (χ1v) is 14.6. The molecule has 6 heteroatoms. The van der Waals surface area contributed by atoms with Gasteiger partial charge in [-0.15, -0.1) is 0 Å². The summed E-state index contributed by atoms with van der Waals surface area (Å²) in [6.45, 7) is 7.90. The number of carbonyl (C=O) groups excluding carboxylic acids is 2. The molecule has 0 fully saturated rings. The average molecular weight is 513 g/mol. The van der Waals surface area contributed by atoms with Crippen LogP contribution in [0.5, 0.6) is 0 Å². The maximum Gasteiger partial charge on any atom is 0.303 e. The van der Waals surface area contributed by atoms with Gasteiger partial charge in [-0.2, -0.15) is 0 Å². The zero-order chi connectivity index (χ0) is 27.2. The molecule has 0 spiro atoms. The van der Waals surface area contributed by atoms with Crippen LogP contribution < -0.4 is 0 Å². The van der Waals surface area contributed by atoms with E-state index in [1.54, 1.807) is 6.92 Å². The predicted octanol–water partition coefficient (Wildman–Crippen LogP) is 7.43. The van der Waals surface area contributed by atoms with Gasteiger partial charge in [0.25, 0.3) is 0 Å². The van der Waals surface area contributed by atoms with Crippen LogP contribution in [0.15, 0.2) is 0 Å². The highest BCUT2D eigenvalue weighted by Crippen LogP contribution is 2.28. The van der Waals surface area contributed by atoms with Crippen LogP contribution in [0.4, 0.5) is 0 Å². The molecule has 3 unspecified atom stereocenters. The number of carbonyl (C=O) groups is 3. The third kappa shape index (κ3) is 19.9. The van der Waals surface area contributed by atoms with Gasteiger partial charge in [0, 0.05) is 12.8 Å². The fraction of sp³-hybridized carbons (Fsp3) is 0.900. The van der Waals surface area contributed by atoms with Crippen molar-refractivity contribution in [2.75, 3.05) is 0 Å². The fourth-order valence-corrected chi connectivity index (χ4v) is 4.72. The number of ketones is 1. The molecule has 0 aliphatic carbocycles. The van der Waals surface area contributed by atoms with E-state index in [2.05, 4.69) is 6.92 Å². The molecular weight excluding hydrogens is 456 g/mol. The second kappa shape index (κ2) is 21.8. The van der Waals surface area contributed by atoms with Crippen LogP contribution in [-0.2, 0) is 19.1 Å². The summed E-state index contributed by atoms with van der Waals surface area (Å²) in [4.78, 5) is 34.1. The van der Waals surface area contributed by atoms with Crippen LogP contribution in [0.3, 0.4) is 0 Å². The number of ether oxygens (including phenoxy) is 1. The Hall–Kier alpha value is -1.27. The monoisotopic (exact) mass is 512 g/mol. The quantitative estimate of drug-likeness (QED) is 0.0923. The molecule has 0 saturated carbocycles. The lowest BCUT2D eigenvalue weighted by molar-refractivity contribution is -0.140. The summed E-state index contributed by atoms with van der Waals surface area (Å²) >= 11 is 0. The van der Waals surface area contributed by atoms with E-state index in [1.165, 1.54) is 25.7 Å². The number of hydrogen-bond donors (Lipinski definition) is 2. The largest absolute Gasteiger partial charge is 0.481 e. The summed E-state index contributed by atoms with van der Waals surface area (Å²) < 4.78 is 6.14. The van der Waals surface area contributed by atoms with Crippen molar-refractivity contribution in [3.63, 3.8) is 0 Å². The number of unbranched alkanes of at least 4 members (excludes halogenated alkanes) is 11. The van der Waals surface area contributed by atoms with Gasteiger partial charge in [0.2, 0.25) is 0 Å². The molecule has 0 saturated heterocycles. The Bertz CT molecular complexity index is 574. The summed E-state index contributed by atoms with van der Waals surface area (Å²) in [5, 5.41) is 19.9. The molecule has 36 heavy (non-hydrogen) atoms. The second-order valence-corrected chi connectivity index (χ2v) is 11.4. The fourth-order valence-electron chi connectivity index (χ4n) is 4.72. The number of carboxylic acid groups (broad SMARTS) is 1. The summed E-state index contributed by atoms with van der Waals surface area (Å²) in [5.74, 6) is -0.735. The van der Waals surface area contributed by atoms with Gasteiger partial charge >= 0.3 is 5.97 Å². The van der Waals surface area contributed by atoms with E-state index in [0.717, 1.165) is 76.9 Å². The van der Waals surface area contributed by atoms with Crippen LogP contribution in [0.2, 0.25) is 0 Å². The lowest BCUT2D eigenvalue weighted by Crippen LogP contribution is -2.35. The molecule has 0 aliphatic heterocycles. The number of hydrogen-bond acceptors (Lipinski definition) is 5. The number of rotatable bonds is 26. The van der Waals surface area contributed by atoms with E-state index < -0.39 is 18.2 Å². The standard InChI is InChI=1S/C30H56O6/c1-5-6-7-8-11-14-20-27(33)28(21-15-12-9-10-13-18-23-31)36-25(2)26(32)19-16-17-22-30(3,4)24-29(34)35/h23,25,27-28,33H,5-22,24H2,1-4H3,(H,34,35). The van der Waals surface area contributed by atoms with Gasteiger partial charge in [0.1, 0.15) is 12.4 Å². The number of aldehydes is 1. The molecule has 212 valence electrons. The Morgan fingerprint density at radius 3 is 2.06 bits per heavy atom. The lowest BCUT2D eigenvalue weighted by atomic mass is 9.83. The van der Waals surface area contributed by atoms with Gasteiger partial charge < -0.3 is 19.7 Å². The SMILES string of the molecule is CCCCCCCCC(O)C(CCCCCCCC=O)OC(C)C(=O)CCCCC(C)(C)CC(=O)O. The van der Waals surface area contributed by atoms with Gasteiger partial charge in [-0.25, -0.2) is 0 Å². The van der Waals surface area contributed by atoms with Crippen molar-refractivity contribution >= 4 is 18.0 Å². The Labute approximate surface area is 221 Å². The third-order valence-corrected chi connectivity index (χ3v) is 7.08. The molecule has 0 aromatic rings. The minimum Gasteiger partial charge on any atom is -0.481 e. The molecule has 2 N–H and O–H groups in total. The summed E-state index contributed by atoms with van der Waals surface area (Å²) in [6, 6.07) is 0. The number of aliphatic hydroxyl groups excluding tert-OH is 1. The molecule has 0 aromatic carbocycles. The third-order valence-electron chi connectivity index (χ3n) is 7.08. The van der Waals surface area contributed by atoms with Gasteiger partial charge in [-0.1, -0.05) is 91.4 Å². The van der Waals surface area contributed by atoms with Crippen LogP contribution >= 0.6 is 0 Å². The Morgan fingerprint density at radius 2 is 1.44 bits per heavy atom. The number of carboxylic acids is 1. The van der Waals surface area contributed by atoms with Crippen molar-refractivity contribution in [3.05, 3.63) is 0 Å². The van der Waals surface area contributed by atoms with Crippen LogP contribution in [0.1, 0.15) is 150 Å². The van der Waals surface area contributed by atoms with Crippen LogP contribution in [0.25, 0.3) is 0 Å². The zero-order valence-electron chi connectivity index (χ0n) is 23.8. The second-order valence-electron chi connectivity index (χ2n) is 11.4. The number of aliphatic hydroxyl groups is 1. The summed E-state index contributed by atoms with van der Waals surface area (Å²) in [7, 11) is 0. The molecule has 0 rings (SSSR count). The number of Topliss-reactive ketones (excluding diaryl/α,β-unsaturated/α-hetero) is 1. The normalized spacial score (nSPS) is 14.4. The first-order valence-electron chi connectivity index (χ1n) is 14.6. The molecular formula is C30H56O6. The van der Waals surface area contributed by atoms with Crippen molar-refractivity contribution < 1.29 is 29.3 Å². The smallest absolute Gasteiger partial charge is 0.303 e. The molecule has 0 amide bonds. The van der Waals surface area contributed by atoms with Crippen molar-refractivity contribution in [1.29, 1.82) is 0 Å². The average Bonchev–Trinajstić information content (AvgIpc) is 2.81. The van der Waals surface area contributed by atoms with E-state index in [0.29, 0.717) is 19.3 Å². The van der Waals surface area contributed by atoms with Crippen LogP contribution in [0, 0.1) is 5.41 Å². The lowest BCUT2D eigenvalue weighted by Gasteiger charge is -2.27. The molecule has 0 radical (unpaired) electrons. The summed E-state index contributed by atoms with van der Waals surface area (Å²) in [5.41, 5.74) is -0.268. The van der Waals surface area contributed by atoms with Crippen LogP contribution in [-0.4, -0.2) is 46.6 Å². The Balaban J connectivity index is 4.57. The van der Waals surface area contributed by atoms with Crippen molar-refractivity contribution in [2.45, 2.75) is 168 Å². The number of aliphatic carboxylic acids is 1. The van der Waals surface area contributed by atoms with Crippen molar-refractivity contribution in [3.8, 4) is 0 Å². The zero-order valence-corrected chi connectivity index (χ0v) is 23.8. The Morgan fingerprint density at radius 1 is 0.861 bits per heavy atom. The maximum atomic E-state index is 12.7. The van der Waals surface area contributed by atoms with E-state index in [1.807, 2.05) is 13.8 Å². The molecule has 3 atom stereocenters. The molecule has 0 bridgehead atoms. The van der Waals surface area contributed by atoms with E-state index in [4.69, 9.17) is 9.84 Å². The van der Waals surface area contributed by atoms with E-state index in [-0.39, 0.29) is 23.7 Å². The molecule has 0 aromatic heterocycles. The Kier molecular flexibility index (Phi) is 21.0. The van der Waals surface area contributed by atoms with Crippen molar-refractivity contribution in [2.24, 2.45) is 5.41 Å². The highest BCUT2D eigenvalue weighted by Gasteiger charge is 2.25. The maximum absolute atomic E-state index is 12.7. The van der Waals surface area contributed by atoms with Crippen molar-refractivity contribution in [1.82, 2.24) is 0 Å². The molecule has 6 nitrogen and oxygen atoms in total. The topological polar surface area (TPSA) is 101 Å². The minimum absolute atomic E-state index is 0.0525. The summed E-state index contributed by atoms with van der Waals surface area (Å²) in [6.07, 6.45) is 16.5. The van der Waals surface area contributed by atoms with Gasteiger partial charge in [-0.3, -0.25) is 9.59 Å².